The van der Waals surface area contributed by atoms with E-state index in [0.717, 1.165) is 35.2 Å². The highest BCUT2D eigenvalue weighted by Crippen LogP contribution is 2.41. The molecule has 1 aliphatic rings. The van der Waals surface area contributed by atoms with Crippen molar-refractivity contribution in [2.45, 2.75) is 32.4 Å². The summed E-state index contributed by atoms with van der Waals surface area (Å²) in [5.41, 5.74) is 3.75. The molecule has 1 aliphatic heterocycles. The molecule has 0 bridgehead atoms. The molecule has 6 heteroatoms. The van der Waals surface area contributed by atoms with Gasteiger partial charge < -0.3 is 19.4 Å². The molecule has 0 radical (unpaired) electrons. The second kappa shape index (κ2) is 8.68. The first-order valence-corrected chi connectivity index (χ1v) is 10.4. The Morgan fingerprint density at radius 1 is 1.16 bits per heavy atom. The molecular formula is C25H26N2O4. The van der Waals surface area contributed by atoms with Gasteiger partial charge in [0.05, 0.1) is 12.8 Å². The zero-order valence-corrected chi connectivity index (χ0v) is 18.0. The molecule has 1 aromatic heterocycles. The van der Waals surface area contributed by atoms with E-state index in [2.05, 4.69) is 12.2 Å². The maximum absolute atomic E-state index is 12.6. The predicted octanol–water partition coefficient (Wildman–Crippen LogP) is 3.97. The van der Waals surface area contributed by atoms with Gasteiger partial charge in [-0.2, -0.15) is 0 Å². The van der Waals surface area contributed by atoms with Crippen LogP contribution in [0.5, 0.6) is 11.5 Å². The highest BCUT2D eigenvalue weighted by Gasteiger charge is 2.26. The number of amides is 1. The molecule has 160 valence electrons. The third-order valence-corrected chi connectivity index (χ3v) is 5.77. The fourth-order valence-electron chi connectivity index (χ4n) is 4.08. The van der Waals surface area contributed by atoms with Crippen LogP contribution in [0.15, 0.2) is 59.5 Å². The SMILES string of the molecule is CCC1Cc2cc(OCc3ccccc3)c(OC)cc2-c2cc(=O)c(C(=O)NC)cn21. The van der Waals surface area contributed by atoms with E-state index in [1.54, 1.807) is 19.4 Å². The molecule has 1 unspecified atom stereocenters. The van der Waals surface area contributed by atoms with Crippen molar-refractivity contribution in [2.75, 3.05) is 14.2 Å². The highest BCUT2D eigenvalue weighted by molar-refractivity contribution is 5.94. The second-order valence-electron chi connectivity index (χ2n) is 7.62. The zero-order chi connectivity index (χ0) is 22.0. The van der Waals surface area contributed by atoms with E-state index >= 15 is 0 Å². The first-order chi connectivity index (χ1) is 15.0. The number of hydrogen-bond donors (Lipinski definition) is 1. The number of fused-ring (bicyclic) bond motifs is 3. The van der Waals surface area contributed by atoms with Crippen LogP contribution in [-0.2, 0) is 13.0 Å². The van der Waals surface area contributed by atoms with Crippen molar-refractivity contribution >= 4 is 5.91 Å². The third-order valence-electron chi connectivity index (χ3n) is 5.77. The number of benzene rings is 2. The van der Waals surface area contributed by atoms with Crippen LogP contribution in [-0.4, -0.2) is 24.6 Å². The minimum atomic E-state index is -0.372. The standard InChI is InChI=1S/C25H26N2O4/c1-4-18-10-17-11-24(31-15-16-8-6-5-7-9-16)23(30-3)12-19(17)21-13-22(28)20(14-27(18)21)25(29)26-2/h5-9,11-14,18H,4,10,15H2,1-3H3,(H,26,29). The quantitative estimate of drug-likeness (QED) is 0.658. The Morgan fingerprint density at radius 2 is 1.94 bits per heavy atom. The zero-order valence-electron chi connectivity index (χ0n) is 18.0. The fourth-order valence-corrected chi connectivity index (χ4v) is 4.08. The molecule has 2 heterocycles. The van der Waals surface area contributed by atoms with Gasteiger partial charge in [-0.25, -0.2) is 0 Å². The van der Waals surface area contributed by atoms with Gasteiger partial charge >= 0.3 is 0 Å². The average molecular weight is 418 g/mol. The molecule has 1 N–H and O–H groups in total. The first-order valence-electron chi connectivity index (χ1n) is 10.4. The Morgan fingerprint density at radius 3 is 2.61 bits per heavy atom. The van der Waals surface area contributed by atoms with Gasteiger partial charge in [0.2, 0.25) is 0 Å². The largest absolute Gasteiger partial charge is 0.493 e. The topological polar surface area (TPSA) is 69.6 Å². The summed E-state index contributed by atoms with van der Waals surface area (Å²) >= 11 is 0. The summed E-state index contributed by atoms with van der Waals surface area (Å²) in [5, 5.41) is 2.55. The van der Waals surface area contributed by atoms with E-state index in [4.69, 9.17) is 9.47 Å². The second-order valence-corrected chi connectivity index (χ2v) is 7.62. The molecule has 0 saturated carbocycles. The summed E-state index contributed by atoms with van der Waals surface area (Å²) in [5.74, 6) is 0.917. The number of pyridine rings is 1. The lowest BCUT2D eigenvalue weighted by Crippen LogP contribution is -2.29. The van der Waals surface area contributed by atoms with Crippen LogP contribution in [0.4, 0.5) is 0 Å². The molecule has 0 spiro atoms. The van der Waals surface area contributed by atoms with Gasteiger partial charge in [0.15, 0.2) is 16.9 Å². The van der Waals surface area contributed by atoms with Gasteiger partial charge in [-0.3, -0.25) is 9.59 Å². The van der Waals surface area contributed by atoms with Crippen molar-refractivity contribution in [3.8, 4) is 22.8 Å². The molecule has 4 rings (SSSR count). The maximum atomic E-state index is 12.6. The van der Waals surface area contributed by atoms with Crippen LogP contribution in [0.25, 0.3) is 11.3 Å². The van der Waals surface area contributed by atoms with Gasteiger partial charge in [-0.15, -0.1) is 0 Å². The molecular weight excluding hydrogens is 392 g/mol. The first kappa shape index (κ1) is 20.7. The molecule has 0 aliphatic carbocycles. The summed E-state index contributed by atoms with van der Waals surface area (Å²) in [7, 11) is 3.14. The number of carbonyl (C=O) groups excluding carboxylic acids is 1. The van der Waals surface area contributed by atoms with Crippen LogP contribution in [0.3, 0.4) is 0 Å². The van der Waals surface area contributed by atoms with E-state index in [1.165, 1.54) is 7.05 Å². The smallest absolute Gasteiger partial charge is 0.256 e. The third kappa shape index (κ3) is 3.93. The van der Waals surface area contributed by atoms with Crippen molar-refractivity contribution in [1.82, 2.24) is 9.88 Å². The van der Waals surface area contributed by atoms with Crippen LogP contribution < -0.4 is 20.2 Å². The Bertz CT molecular complexity index is 1170. The minimum absolute atomic E-state index is 0.141. The monoisotopic (exact) mass is 418 g/mol. The Balaban J connectivity index is 1.77. The van der Waals surface area contributed by atoms with Crippen molar-refractivity contribution in [2.24, 2.45) is 0 Å². The Hall–Kier alpha value is -3.54. The lowest BCUT2D eigenvalue weighted by molar-refractivity contribution is 0.0961. The van der Waals surface area contributed by atoms with Gasteiger partial charge in [0.25, 0.3) is 5.91 Å². The lowest BCUT2D eigenvalue weighted by atomic mass is 9.90. The van der Waals surface area contributed by atoms with Crippen molar-refractivity contribution in [3.05, 3.63) is 81.6 Å². The van der Waals surface area contributed by atoms with Crippen molar-refractivity contribution < 1.29 is 14.3 Å². The summed E-state index contributed by atoms with van der Waals surface area (Å²) in [4.78, 5) is 24.8. The van der Waals surface area contributed by atoms with E-state index in [0.29, 0.717) is 18.1 Å². The Kier molecular flexibility index (Phi) is 5.80. The molecule has 31 heavy (non-hydrogen) atoms. The number of carbonyl (C=O) groups is 1. The average Bonchev–Trinajstić information content (AvgIpc) is 2.81. The number of aromatic nitrogens is 1. The lowest BCUT2D eigenvalue weighted by Gasteiger charge is -2.31. The maximum Gasteiger partial charge on any atom is 0.256 e. The summed E-state index contributed by atoms with van der Waals surface area (Å²) in [6.07, 6.45) is 3.33. The van der Waals surface area contributed by atoms with Crippen LogP contribution in [0.1, 0.15) is 40.9 Å². The van der Waals surface area contributed by atoms with E-state index in [1.807, 2.05) is 47.0 Å². The number of methoxy groups -OCH3 is 1. The van der Waals surface area contributed by atoms with E-state index < -0.39 is 0 Å². The molecule has 1 atom stereocenters. The van der Waals surface area contributed by atoms with Crippen LogP contribution in [0, 0.1) is 0 Å². The van der Waals surface area contributed by atoms with Gasteiger partial charge in [0.1, 0.15) is 12.2 Å². The van der Waals surface area contributed by atoms with Crippen LogP contribution >= 0.6 is 0 Å². The number of nitrogens with zero attached hydrogens (tertiary/aromatic N) is 1. The number of nitrogens with one attached hydrogen (secondary N) is 1. The number of hydrogen-bond acceptors (Lipinski definition) is 4. The highest BCUT2D eigenvalue weighted by atomic mass is 16.5. The Labute approximate surface area is 181 Å². The summed E-state index contributed by atoms with van der Waals surface area (Å²) < 4.78 is 13.7. The van der Waals surface area contributed by atoms with Gasteiger partial charge in [-0.1, -0.05) is 37.3 Å². The predicted molar refractivity (Wildman–Crippen MR) is 120 cm³/mol. The van der Waals surface area contributed by atoms with Gasteiger partial charge in [-0.05, 0) is 36.1 Å². The summed E-state index contributed by atoms with van der Waals surface area (Å²) in [6.45, 7) is 2.55. The molecule has 2 aromatic carbocycles. The van der Waals surface area contributed by atoms with Gasteiger partial charge in [0, 0.05) is 30.9 Å². The molecule has 0 fully saturated rings. The number of ether oxygens (including phenoxy) is 2. The normalized spacial score (nSPS) is 14.4. The van der Waals surface area contributed by atoms with E-state index in [-0.39, 0.29) is 22.9 Å². The van der Waals surface area contributed by atoms with Crippen LogP contribution in [0.2, 0.25) is 0 Å². The van der Waals surface area contributed by atoms with Crippen molar-refractivity contribution in [1.29, 1.82) is 0 Å². The minimum Gasteiger partial charge on any atom is -0.493 e. The van der Waals surface area contributed by atoms with E-state index in [9.17, 15) is 9.59 Å². The number of rotatable bonds is 6. The molecule has 3 aromatic rings. The van der Waals surface area contributed by atoms with Crippen molar-refractivity contribution in [3.63, 3.8) is 0 Å². The molecule has 0 saturated heterocycles. The summed E-state index contributed by atoms with van der Waals surface area (Å²) in [6, 6.07) is 15.6. The molecule has 1 amide bonds. The molecule has 6 nitrogen and oxygen atoms in total. The fraction of sp³-hybridized carbons (Fsp3) is 0.280.